The van der Waals surface area contributed by atoms with E-state index in [9.17, 15) is 4.39 Å². The first-order valence-electron chi connectivity index (χ1n) is 7.35. The fourth-order valence-electron chi connectivity index (χ4n) is 2.52. The minimum atomic E-state index is -0.215. The second-order valence-electron chi connectivity index (χ2n) is 5.16. The third kappa shape index (κ3) is 3.61. The van der Waals surface area contributed by atoms with Crippen molar-refractivity contribution in [3.8, 4) is 5.88 Å². The lowest BCUT2D eigenvalue weighted by Gasteiger charge is -2.24. The van der Waals surface area contributed by atoms with Crippen LogP contribution in [0, 0.1) is 5.82 Å². The van der Waals surface area contributed by atoms with Gasteiger partial charge in [0, 0.05) is 19.1 Å². The number of nitrogens with zero attached hydrogens (tertiary/aromatic N) is 2. The highest BCUT2D eigenvalue weighted by Crippen LogP contribution is 2.26. The van der Waals surface area contributed by atoms with E-state index in [-0.39, 0.29) is 12.0 Å². The zero-order valence-corrected chi connectivity index (χ0v) is 11.9. The van der Waals surface area contributed by atoms with Crippen molar-refractivity contribution in [2.75, 3.05) is 13.2 Å². The highest BCUT2D eigenvalue weighted by Gasteiger charge is 2.19. The quantitative estimate of drug-likeness (QED) is 0.847. The number of rotatable bonds is 5. The maximum atomic E-state index is 13.1. The molecule has 3 rings (SSSR count). The Bertz CT molecular complexity index is 579. The van der Waals surface area contributed by atoms with Gasteiger partial charge in [0.15, 0.2) is 6.23 Å². The fraction of sp³-hybridized carbons (Fsp3) is 0.438. The first-order valence-corrected chi connectivity index (χ1v) is 7.35. The molecule has 0 saturated carbocycles. The topological polar surface area (TPSA) is 36.3 Å². The molecule has 1 fully saturated rings. The van der Waals surface area contributed by atoms with Crippen molar-refractivity contribution in [2.24, 2.45) is 0 Å². The van der Waals surface area contributed by atoms with Crippen LogP contribution in [0.15, 0.2) is 36.5 Å². The van der Waals surface area contributed by atoms with Crippen molar-refractivity contribution in [3.05, 3.63) is 47.9 Å². The number of hydrogen-bond donors (Lipinski definition) is 0. The van der Waals surface area contributed by atoms with Gasteiger partial charge in [0.2, 0.25) is 5.88 Å². The lowest BCUT2D eigenvalue weighted by atomic mass is 10.1. The summed E-state index contributed by atoms with van der Waals surface area (Å²) in [6.45, 7) is 1.26. The highest BCUT2D eigenvalue weighted by atomic mass is 19.1. The van der Waals surface area contributed by atoms with Gasteiger partial charge in [0.1, 0.15) is 5.82 Å². The van der Waals surface area contributed by atoms with E-state index in [1.807, 2.05) is 12.1 Å². The minimum Gasteiger partial charge on any atom is -0.477 e. The molecule has 1 aliphatic heterocycles. The van der Waals surface area contributed by atoms with Gasteiger partial charge in [-0.1, -0.05) is 12.1 Å². The van der Waals surface area contributed by atoms with E-state index >= 15 is 0 Å². The van der Waals surface area contributed by atoms with E-state index in [4.69, 9.17) is 9.47 Å². The molecule has 0 spiro atoms. The summed E-state index contributed by atoms with van der Waals surface area (Å²) in [6.07, 6.45) is 5.56. The monoisotopic (exact) mass is 290 g/mol. The molecule has 112 valence electrons. The summed E-state index contributed by atoms with van der Waals surface area (Å²) in [5.74, 6) is 0.492. The van der Waals surface area contributed by atoms with Gasteiger partial charge in [0.25, 0.3) is 0 Å². The molecule has 1 aliphatic rings. The average Bonchev–Trinajstić information content (AvgIpc) is 2.97. The first-order chi connectivity index (χ1) is 10.3. The second-order valence-corrected chi connectivity index (χ2v) is 5.16. The SMILES string of the molecule is Fc1cccc(CCOc2ccnn2C2CCCCO2)c1. The van der Waals surface area contributed by atoms with Crippen molar-refractivity contribution < 1.29 is 13.9 Å². The maximum Gasteiger partial charge on any atom is 0.214 e. The van der Waals surface area contributed by atoms with Gasteiger partial charge in [-0.3, -0.25) is 0 Å². The molecule has 2 heterocycles. The summed E-state index contributed by atoms with van der Waals surface area (Å²) < 4.78 is 26.4. The van der Waals surface area contributed by atoms with Crippen LogP contribution in [0.2, 0.25) is 0 Å². The third-order valence-electron chi connectivity index (χ3n) is 3.59. The molecule has 21 heavy (non-hydrogen) atoms. The van der Waals surface area contributed by atoms with Crippen LogP contribution in [0.5, 0.6) is 5.88 Å². The summed E-state index contributed by atoms with van der Waals surface area (Å²) in [6, 6.07) is 8.42. The van der Waals surface area contributed by atoms with Gasteiger partial charge in [-0.25, -0.2) is 9.07 Å². The van der Waals surface area contributed by atoms with Crippen molar-refractivity contribution in [1.82, 2.24) is 9.78 Å². The summed E-state index contributed by atoms with van der Waals surface area (Å²) >= 11 is 0. The van der Waals surface area contributed by atoms with Crippen molar-refractivity contribution in [1.29, 1.82) is 0 Å². The van der Waals surface area contributed by atoms with Crippen LogP contribution in [0.1, 0.15) is 31.1 Å². The van der Waals surface area contributed by atoms with Gasteiger partial charge in [-0.2, -0.15) is 5.10 Å². The number of ether oxygens (including phenoxy) is 2. The summed E-state index contributed by atoms with van der Waals surface area (Å²) in [5, 5.41) is 4.29. The number of aromatic nitrogens is 2. The van der Waals surface area contributed by atoms with E-state index in [1.165, 1.54) is 12.1 Å². The Balaban J connectivity index is 1.57. The standard InChI is InChI=1S/C16H19FN2O2/c17-14-5-3-4-13(12-14)8-11-21-16-7-9-18-19(16)15-6-1-2-10-20-15/h3-5,7,9,12,15H,1-2,6,8,10-11H2. The molecular formula is C16H19FN2O2. The normalized spacial score (nSPS) is 18.6. The second kappa shape index (κ2) is 6.72. The molecule has 1 unspecified atom stereocenters. The maximum absolute atomic E-state index is 13.1. The number of benzene rings is 1. The van der Waals surface area contributed by atoms with E-state index in [1.54, 1.807) is 16.9 Å². The van der Waals surface area contributed by atoms with Gasteiger partial charge < -0.3 is 9.47 Å². The van der Waals surface area contributed by atoms with E-state index in [0.717, 1.165) is 31.4 Å². The Hall–Kier alpha value is -1.88. The van der Waals surface area contributed by atoms with Gasteiger partial charge >= 0.3 is 0 Å². The van der Waals surface area contributed by atoms with Crippen LogP contribution in [0.3, 0.4) is 0 Å². The van der Waals surface area contributed by atoms with Crippen LogP contribution >= 0.6 is 0 Å². The Morgan fingerprint density at radius 1 is 1.33 bits per heavy atom. The molecule has 0 aliphatic carbocycles. The van der Waals surface area contributed by atoms with Crippen molar-refractivity contribution >= 4 is 0 Å². The molecule has 2 aromatic rings. The lowest BCUT2D eigenvalue weighted by Crippen LogP contribution is -2.20. The Morgan fingerprint density at radius 2 is 2.29 bits per heavy atom. The smallest absolute Gasteiger partial charge is 0.214 e. The fourth-order valence-corrected chi connectivity index (χ4v) is 2.52. The van der Waals surface area contributed by atoms with Crippen molar-refractivity contribution in [3.63, 3.8) is 0 Å². The molecule has 1 saturated heterocycles. The van der Waals surface area contributed by atoms with Gasteiger partial charge in [-0.15, -0.1) is 0 Å². The molecule has 0 bridgehead atoms. The zero-order chi connectivity index (χ0) is 14.5. The van der Waals surface area contributed by atoms with Crippen molar-refractivity contribution in [2.45, 2.75) is 31.9 Å². The summed E-state index contributed by atoms with van der Waals surface area (Å²) in [5.41, 5.74) is 0.926. The Labute approximate surface area is 123 Å². The molecule has 4 nitrogen and oxygen atoms in total. The molecule has 0 N–H and O–H groups in total. The van der Waals surface area contributed by atoms with Gasteiger partial charge in [0.05, 0.1) is 12.8 Å². The predicted octanol–water partition coefficient (Wildman–Crippen LogP) is 3.34. The molecular weight excluding hydrogens is 271 g/mol. The van der Waals surface area contributed by atoms with Crippen LogP contribution in [0.4, 0.5) is 4.39 Å². The van der Waals surface area contributed by atoms with Gasteiger partial charge in [-0.05, 0) is 37.0 Å². The first kappa shape index (κ1) is 14.1. The van der Waals surface area contributed by atoms with Crippen LogP contribution in [0.25, 0.3) is 0 Å². The molecule has 1 atom stereocenters. The van der Waals surface area contributed by atoms with Crippen LogP contribution < -0.4 is 4.74 Å². The molecule has 5 heteroatoms. The van der Waals surface area contributed by atoms with Crippen LogP contribution in [-0.4, -0.2) is 23.0 Å². The largest absolute Gasteiger partial charge is 0.477 e. The van der Waals surface area contributed by atoms with E-state index in [2.05, 4.69) is 5.10 Å². The molecule has 0 radical (unpaired) electrons. The summed E-state index contributed by atoms with van der Waals surface area (Å²) in [7, 11) is 0. The van der Waals surface area contributed by atoms with E-state index < -0.39 is 0 Å². The Kier molecular flexibility index (Phi) is 4.50. The molecule has 1 aromatic heterocycles. The number of hydrogen-bond acceptors (Lipinski definition) is 3. The lowest BCUT2D eigenvalue weighted by molar-refractivity contribution is -0.0439. The minimum absolute atomic E-state index is 0.0297. The Morgan fingerprint density at radius 3 is 3.10 bits per heavy atom. The summed E-state index contributed by atoms with van der Waals surface area (Å²) in [4.78, 5) is 0. The number of halogens is 1. The van der Waals surface area contributed by atoms with Crippen LogP contribution in [-0.2, 0) is 11.2 Å². The molecule has 1 aromatic carbocycles. The highest BCUT2D eigenvalue weighted by molar-refractivity contribution is 5.17. The average molecular weight is 290 g/mol. The molecule has 0 amide bonds. The third-order valence-corrected chi connectivity index (χ3v) is 3.59. The van der Waals surface area contributed by atoms with E-state index in [0.29, 0.717) is 18.9 Å². The zero-order valence-electron chi connectivity index (χ0n) is 11.9. The predicted molar refractivity (Wildman–Crippen MR) is 76.7 cm³/mol.